The molecular formula is C25H22N2S. The first-order valence-electron chi connectivity index (χ1n) is 10.3. The van der Waals surface area contributed by atoms with Crippen molar-refractivity contribution in [2.75, 3.05) is 0 Å². The van der Waals surface area contributed by atoms with Crippen molar-refractivity contribution in [3.63, 3.8) is 0 Å². The van der Waals surface area contributed by atoms with E-state index in [9.17, 15) is 0 Å². The number of hydrogen-bond donors (Lipinski definition) is 0. The van der Waals surface area contributed by atoms with E-state index in [-0.39, 0.29) is 0 Å². The number of rotatable bonds is 2. The second-order valence-electron chi connectivity index (χ2n) is 7.86. The van der Waals surface area contributed by atoms with E-state index in [1.807, 2.05) is 0 Å². The van der Waals surface area contributed by atoms with Crippen LogP contribution in [0.2, 0.25) is 0 Å². The van der Waals surface area contributed by atoms with Gasteiger partial charge in [0.25, 0.3) is 0 Å². The quantitative estimate of drug-likeness (QED) is 0.288. The number of benzene rings is 3. The molecule has 2 nitrogen and oxygen atoms in total. The predicted molar refractivity (Wildman–Crippen MR) is 120 cm³/mol. The zero-order valence-electron chi connectivity index (χ0n) is 15.8. The van der Waals surface area contributed by atoms with E-state index in [0.717, 1.165) is 11.3 Å². The van der Waals surface area contributed by atoms with Crippen LogP contribution in [0.25, 0.3) is 43.3 Å². The fraction of sp³-hybridized carbons (Fsp3) is 0.240. The molecule has 3 heteroatoms. The highest BCUT2D eigenvalue weighted by Gasteiger charge is 2.25. The van der Waals surface area contributed by atoms with Crippen molar-refractivity contribution < 1.29 is 0 Å². The number of hydrogen-bond acceptors (Lipinski definition) is 2. The standard InChI is InChI=1S/C25H22N2S/c1-2-9-17(10-3-1)27-24-21-14-7-5-12-19(21)18-11-4-6-13-20(18)23(24)26-25(27)22-15-8-16-28-22/h4-8,11-17H,1-3,9-10H2. The topological polar surface area (TPSA) is 17.8 Å². The van der Waals surface area contributed by atoms with E-state index >= 15 is 0 Å². The lowest BCUT2D eigenvalue weighted by atomic mass is 9.94. The lowest BCUT2D eigenvalue weighted by molar-refractivity contribution is 0.362. The van der Waals surface area contributed by atoms with Crippen LogP contribution >= 0.6 is 11.3 Å². The van der Waals surface area contributed by atoms with Gasteiger partial charge >= 0.3 is 0 Å². The van der Waals surface area contributed by atoms with Crippen LogP contribution in [0.4, 0.5) is 0 Å². The van der Waals surface area contributed by atoms with Crippen LogP contribution in [-0.4, -0.2) is 9.55 Å². The molecule has 0 bridgehead atoms. The lowest BCUT2D eigenvalue weighted by Gasteiger charge is -2.26. The molecule has 1 aliphatic carbocycles. The Kier molecular flexibility index (Phi) is 3.76. The SMILES string of the molecule is c1csc(-c2nc3c4ccccc4c4ccccc4c3n2C2CCCCC2)c1. The Morgan fingerprint density at radius 2 is 1.43 bits per heavy atom. The Hall–Kier alpha value is -2.65. The fourth-order valence-electron chi connectivity index (χ4n) is 5.00. The van der Waals surface area contributed by atoms with E-state index < -0.39 is 0 Å². The van der Waals surface area contributed by atoms with Crippen molar-refractivity contribution in [2.45, 2.75) is 38.1 Å². The number of thiophene rings is 1. The van der Waals surface area contributed by atoms with E-state index in [2.05, 4.69) is 70.6 Å². The molecule has 3 aromatic carbocycles. The maximum absolute atomic E-state index is 5.28. The Bertz CT molecular complexity index is 1290. The van der Waals surface area contributed by atoms with Crippen molar-refractivity contribution in [1.29, 1.82) is 0 Å². The van der Waals surface area contributed by atoms with Gasteiger partial charge in [0, 0.05) is 16.8 Å². The molecule has 1 fully saturated rings. The summed E-state index contributed by atoms with van der Waals surface area (Å²) in [6, 6.07) is 22.5. The third-order valence-electron chi connectivity index (χ3n) is 6.25. The molecule has 0 aliphatic heterocycles. The third kappa shape index (κ3) is 2.36. The van der Waals surface area contributed by atoms with Crippen molar-refractivity contribution >= 4 is 43.9 Å². The van der Waals surface area contributed by atoms with E-state index in [4.69, 9.17) is 4.98 Å². The lowest BCUT2D eigenvalue weighted by Crippen LogP contribution is -2.13. The van der Waals surface area contributed by atoms with Crippen LogP contribution in [-0.2, 0) is 0 Å². The van der Waals surface area contributed by atoms with Gasteiger partial charge in [0.15, 0.2) is 5.82 Å². The Labute approximate surface area is 168 Å². The summed E-state index contributed by atoms with van der Waals surface area (Å²) in [5.74, 6) is 1.15. The van der Waals surface area contributed by atoms with Crippen molar-refractivity contribution in [3.8, 4) is 10.7 Å². The largest absolute Gasteiger partial charge is 0.320 e. The van der Waals surface area contributed by atoms with Crippen molar-refractivity contribution in [1.82, 2.24) is 9.55 Å². The van der Waals surface area contributed by atoms with Gasteiger partial charge in [0.2, 0.25) is 0 Å². The Morgan fingerprint density at radius 3 is 2.14 bits per heavy atom. The van der Waals surface area contributed by atoms with Crippen LogP contribution in [0.15, 0.2) is 66.0 Å². The number of aromatic nitrogens is 2. The second kappa shape index (κ2) is 6.46. The molecule has 2 heterocycles. The van der Waals surface area contributed by atoms with Crippen LogP contribution in [0.5, 0.6) is 0 Å². The Morgan fingerprint density at radius 1 is 0.750 bits per heavy atom. The monoisotopic (exact) mass is 382 g/mol. The highest BCUT2D eigenvalue weighted by atomic mass is 32.1. The first kappa shape index (κ1) is 16.3. The van der Waals surface area contributed by atoms with Gasteiger partial charge < -0.3 is 4.57 Å². The first-order valence-corrected chi connectivity index (χ1v) is 11.1. The van der Waals surface area contributed by atoms with Gasteiger partial charge in [-0.3, -0.25) is 0 Å². The zero-order valence-corrected chi connectivity index (χ0v) is 16.6. The average molecular weight is 383 g/mol. The summed E-state index contributed by atoms with van der Waals surface area (Å²) in [6.45, 7) is 0. The molecule has 0 spiro atoms. The molecule has 5 aromatic rings. The summed E-state index contributed by atoms with van der Waals surface area (Å²) >= 11 is 1.80. The summed E-state index contributed by atoms with van der Waals surface area (Å²) in [4.78, 5) is 6.56. The molecular weight excluding hydrogens is 360 g/mol. The highest BCUT2D eigenvalue weighted by molar-refractivity contribution is 7.13. The normalized spacial score (nSPS) is 15.7. The molecule has 0 N–H and O–H groups in total. The van der Waals surface area contributed by atoms with Crippen molar-refractivity contribution in [2.24, 2.45) is 0 Å². The number of nitrogens with zero attached hydrogens (tertiary/aromatic N) is 2. The van der Waals surface area contributed by atoms with Crippen molar-refractivity contribution in [3.05, 3.63) is 66.0 Å². The summed E-state index contributed by atoms with van der Waals surface area (Å²) in [6.07, 6.45) is 6.51. The minimum Gasteiger partial charge on any atom is -0.320 e. The van der Waals surface area contributed by atoms with E-state index in [0.29, 0.717) is 6.04 Å². The summed E-state index contributed by atoms with van der Waals surface area (Å²) in [5, 5.41) is 7.40. The summed E-state index contributed by atoms with van der Waals surface area (Å²) in [7, 11) is 0. The maximum Gasteiger partial charge on any atom is 0.151 e. The van der Waals surface area contributed by atoms with Crippen LogP contribution < -0.4 is 0 Å². The maximum atomic E-state index is 5.28. The van der Waals surface area contributed by atoms with Gasteiger partial charge in [0.1, 0.15) is 0 Å². The Balaban J connectivity index is 1.82. The van der Waals surface area contributed by atoms with Gasteiger partial charge in [-0.05, 0) is 35.1 Å². The summed E-state index contributed by atoms with van der Waals surface area (Å²) in [5.41, 5.74) is 2.48. The third-order valence-corrected chi connectivity index (χ3v) is 7.11. The van der Waals surface area contributed by atoms with Gasteiger partial charge in [0.05, 0.1) is 15.9 Å². The van der Waals surface area contributed by atoms with Crippen LogP contribution in [0, 0.1) is 0 Å². The average Bonchev–Trinajstić information content (AvgIpc) is 3.43. The first-order chi connectivity index (χ1) is 13.9. The zero-order chi connectivity index (χ0) is 18.5. The molecule has 28 heavy (non-hydrogen) atoms. The van der Waals surface area contributed by atoms with Gasteiger partial charge in [-0.15, -0.1) is 11.3 Å². The molecule has 0 saturated heterocycles. The molecule has 1 saturated carbocycles. The van der Waals surface area contributed by atoms with Gasteiger partial charge in [-0.25, -0.2) is 4.98 Å². The molecule has 0 amide bonds. The fourth-order valence-corrected chi connectivity index (χ4v) is 5.71. The molecule has 1 aliphatic rings. The minimum atomic E-state index is 0.542. The van der Waals surface area contributed by atoms with Gasteiger partial charge in [-0.2, -0.15) is 0 Å². The van der Waals surface area contributed by atoms with Gasteiger partial charge in [-0.1, -0.05) is 73.9 Å². The number of fused-ring (bicyclic) bond motifs is 6. The van der Waals surface area contributed by atoms with Crippen LogP contribution in [0.1, 0.15) is 38.1 Å². The smallest absolute Gasteiger partial charge is 0.151 e. The summed E-state index contributed by atoms with van der Waals surface area (Å²) < 4.78 is 2.59. The molecule has 2 aromatic heterocycles. The molecule has 6 rings (SSSR count). The predicted octanol–water partition coefficient (Wildman–Crippen LogP) is 7.58. The number of imidazole rings is 1. The minimum absolute atomic E-state index is 0.542. The molecule has 0 radical (unpaired) electrons. The molecule has 0 atom stereocenters. The second-order valence-corrected chi connectivity index (χ2v) is 8.81. The molecule has 138 valence electrons. The highest BCUT2D eigenvalue weighted by Crippen LogP contribution is 2.42. The van der Waals surface area contributed by atoms with E-state index in [1.54, 1.807) is 11.3 Å². The van der Waals surface area contributed by atoms with Crippen LogP contribution in [0.3, 0.4) is 0 Å². The molecule has 0 unspecified atom stereocenters. The van der Waals surface area contributed by atoms with E-state index in [1.165, 1.54) is 64.0 Å².